The Morgan fingerprint density at radius 2 is 1.70 bits per heavy atom. The zero-order chi connectivity index (χ0) is 21.9. The van der Waals surface area contributed by atoms with Gasteiger partial charge in [0, 0.05) is 25.6 Å². The lowest BCUT2D eigenvalue weighted by Crippen LogP contribution is -2.02. The number of aliphatic hydroxyl groups excluding tert-OH is 2. The molecule has 0 aliphatic rings. The molecule has 0 aliphatic heterocycles. The molecule has 0 aliphatic carbocycles. The molecule has 1 unspecified atom stereocenters. The summed E-state index contributed by atoms with van der Waals surface area (Å²) in [7, 11) is 1.00. The van der Waals surface area contributed by atoms with E-state index in [1.807, 2.05) is 54.6 Å². The number of para-hydroxylation sites is 1. The minimum atomic E-state index is -0.584. The second-order valence-electron chi connectivity index (χ2n) is 6.81. The van der Waals surface area contributed by atoms with Crippen LogP contribution in [0.25, 0.3) is 11.1 Å². The van der Waals surface area contributed by atoms with Crippen LogP contribution in [-0.2, 0) is 24.4 Å². The summed E-state index contributed by atoms with van der Waals surface area (Å²) in [5, 5.41) is 17.1. The summed E-state index contributed by atoms with van der Waals surface area (Å²) in [6.45, 7) is 2.58. The maximum atomic E-state index is 10.9. The number of ether oxygens (including phenoxy) is 1. The van der Waals surface area contributed by atoms with Gasteiger partial charge in [0.2, 0.25) is 0 Å². The van der Waals surface area contributed by atoms with Gasteiger partial charge >= 0.3 is 0 Å². The molecule has 3 aromatic carbocycles. The van der Waals surface area contributed by atoms with Gasteiger partial charge in [0.15, 0.2) is 0 Å². The number of hydrogen-bond acceptors (Lipinski definition) is 5. The number of aliphatic hydroxyl groups is 2. The lowest BCUT2D eigenvalue weighted by atomic mass is 9.97. The fourth-order valence-electron chi connectivity index (χ4n) is 3.15. The molecular weight excluding hydrogens is 378 g/mol. The summed E-state index contributed by atoms with van der Waals surface area (Å²) in [6.07, 6.45) is 0.610. The summed E-state index contributed by atoms with van der Waals surface area (Å²) in [4.78, 5) is 10.9. The van der Waals surface area contributed by atoms with Gasteiger partial charge in [-0.1, -0.05) is 36.4 Å². The van der Waals surface area contributed by atoms with Crippen molar-refractivity contribution in [1.82, 2.24) is 0 Å². The van der Waals surface area contributed by atoms with Gasteiger partial charge in [-0.25, -0.2) is 0 Å². The number of hydrogen-bond donors (Lipinski definition) is 3. The molecule has 0 aromatic heterocycles. The van der Waals surface area contributed by atoms with E-state index >= 15 is 0 Å². The molecule has 3 aromatic rings. The summed E-state index contributed by atoms with van der Waals surface area (Å²) in [5.74, 6) is 0.698. The molecule has 5 heteroatoms. The standard InChI is InChI=1S/C24H25NO3.CH4O/c1-17(27)22-12-19(16-28-24-8-3-2-6-20(24)9-10-26)13-23(14-22)21-7-4-5-18(11-21)15-25;1-2/h2-8,10-14,17,27H,9,15-16,25H2,1H3;2H,1H3. The molecular formula is C25H29NO4. The van der Waals surface area contributed by atoms with Gasteiger partial charge in [0.05, 0.1) is 6.10 Å². The van der Waals surface area contributed by atoms with E-state index in [1.54, 1.807) is 6.92 Å². The lowest BCUT2D eigenvalue weighted by Gasteiger charge is -2.14. The monoisotopic (exact) mass is 407 g/mol. The van der Waals surface area contributed by atoms with Crippen molar-refractivity contribution >= 4 is 6.29 Å². The van der Waals surface area contributed by atoms with E-state index in [0.29, 0.717) is 25.3 Å². The third-order valence-corrected chi connectivity index (χ3v) is 4.66. The van der Waals surface area contributed by atoms with Crippen molar-refractivity contribution in [2.75, 3.05) is 7.11 Å². The van der Waals surface area contributed by atoms with Crippen LogP contribution < -0.4 is 10.5 Å². The van der Waals surface area contributed by atoms with Crippen molar-refractivity contribution in [3.63, 3.8) is 0 Å². The van der Waals surface area contributed by atoms with Crippen LogP contribution >= 0.6 is 0 Å². The van der Waals surface area contributed by atoms with Crippen molar-refractivity contribution in [2.45, 2.75) is 32.6 Å². The Balaban J connectivity index is 0.00000155. The molecule has 30 heavy (non-hydrogen) atoms. The molecule has 3 rings (SSSR count). The third-order valence-electron chi connectivity index (χ3n) is 4.66. The Hall–Kier alpha value is -2.99. The zero-order valence-electron chi connectivity index (χ0n) is 17.4. The fourth-order valence-corrected chi connectivity index (χ4v) is 3.15. The third kappa shape index (κ3) is 6.26. The number of carbonyl (C=O) groups is 1. The van der Waals surface area contributed by atoms with Crippen molar-refractivity contribution in [3.8, 4) is 16.9 Å². The Morgan fingerprint density at radius 1 is 0.967 bits per heavy atom. The van der Waals surface area contributed by atoms with Gasteiger partial charge < -0.3 is 25.5 Å². The molecule has 158 valence electrons. The molecule has 0 saturated carbocycles. The van der Waals surface area contributed by atoms with E-state index in [0.717, 1.165) is 46.8 Å². The molecule has 0 fully saturated rings. The Bertz CT molecular complexity index is 953. The number of benzene rings is 3. The number of aldehydes is 1. The molecule has 4 N–H and O–H groups in total. The molecule has 0 amide bonds. The average molecular weight is 408 g/mol. The maximum Gasteiger partial charge on any atom is 0.124 e. The highest BCUT2D eigenvalue weighted by Gasteiger charge is 2.09. The zero-order valence-corrected chi connectivity index (χ0v) is 17.4. The summed E-state index contributed by atoms with van der Waals surface area (Å²) in [6, 6.07) is 21.6. The molecule has 5 nitrogen and oxygen atoms in total. The predicted molar refractivity (Wildman–Crippen MR) is 119 cm³/mol. The average Bonchev–Trinajstić information content (AvgIpc) is 2.80. The van der Waals surface area contributed by atoms with E-state index in [2.05, 4.69) is 12.1 Å². The van der Waals surface area contributed by atoms with E-state index < -0.39 is 6.10 Å². The smallest absolute Gasteiger partial charge is 0.124 e. The van der Waals surface area contributed by atoms with Gasteiger partial charge in [0.25, 0.3) is 0 Å². The number of rotatable bonds is 8. The lowest BCUT2D eigenvalue weighted by molar-refractivity contribution is -0.107. The SMILES string of the molecule is CC(O)c1cc(COc2ccccc2CC=O)cc(-c2cccc(CN)c2)c1.CO. The van der Waals surface area contributed by atoms with Crippen LogP contribution in [-0.4, -0.2) is 23.6 Å². The Kier molecular flexibility index (Phi) is 9.22. The molecule has 0 heterocycles. The first kappa shape index (κ1) is 23.3. The minimum Gasteiger partial charge on any atom is -0.489 e. The normalized spacial score (nSPS) is 11.2. The summed E-state index contributed by atoms with van der Waals surface area (Å²) in [5.41, 5.74) is 11.5. The second-order valence-corrected chi connectivity index (χ2v) is 6.81. The highest BCUT2D eigenvalue weighted by Crippen LogP contribution is 2.27. The van der Waals surface area contributed by atoms with E-state index in [-0.39, 0.29) is 0 Å². The van der Waals surface area contributed by atoms with E-state index in [4.69, 9.17) is 15.6 Å². The van der Waals surface area contributed by atoms with Gasteiger partial charge in [-0.15, -0.1) is 0 Å². The highest BCUT2D eigenvalue weighted by atomic mass is 16.5. The van der Waals surface area contributed by atoms with Gasteiger partial charge in [0.1, 0.15) is 18.6 Å². The largest absolute Gasteiger partial charge is 0.489 e. The van der Waals surface area contributed by atoms with Crippen LogP contribution in [0.1, 0.15) is 35.3 Å². The van der Waals surface area contributed by atoms with Crippen LogP contribution in [0, 0.1) is 0 Å². The van der Waals surface area contributed by atoms with Gasteiger partial charge in [-0.3, -0.25) is 0 Å². The number of nitrogens with two attached hydrogens (primary N) is 1. The summed E-state index contributed by atoms with van der Waals surface area (Å²) >= 11 is 0. The quantitative estimate of drug-likeness (QED) is 0.494. The molecule has 0 spiro atoms. The van der Waals surface area contributed by atoms with E-state index in [9.17, 15) is 9.90 Å². The predicted octanol–water partition coefficient (Wildman–Crippen LogP) is 3.79. The molecule has 1 atom stereocenters. The minimum absolute atomic E-state index is 0.320. The van der Waals surface area contributed by atoms with Crippen LogP contribution in [0.4, 0.5) is 0 Å². The Labute approximate surface area is 177 Å². The van der Waals surface area contributed by atoms with Crippen molar-refractivity contribution in [3.05, 3.63) is 89.0 Å². The van der Waals surface area contributed by atoms with Crippen molar-refractivity contribution in [2.24, 2.45) is 5.73 Å². The first-order chi connectivity index (χ1) is 14.6. The highest BCUT2D eigenvalue weighted by molar-refractivity contribution is 5.66. The van der Waals surface area contributed by atoms with Crippen LogP contribution in [0.5, 0.6) is 5.75 Å². The van der Waals surface area contributed by atoms with Crippen LogP contribution in [0.2, 0.25) is 0 Å². The first-order valence-electron chi connectivity index (χ1n) is 9.81. The number of carbonyl (C=O) groups excluding carboxylic acids is 1. The second kappa shape index (κ2) is 11.9. The maximum absolute atomic E-state index is 10.9. The van der Waals surface area contributed by atoms with Crippen molar-refractivity contribution < 1.29 is 19.7 Å². The van der Waals surface area contributed by atoms with E-state index in [1.165, 1.54) is 0 Å². The molecule has 0 saturated heterocycles. The Morgan fingerprint density at radius 3 is 2.40 bits per heavy atom. The van der Waals surface area contributed by atoms with Crippen LogP contribution in [0.15, 0.2) is 66.7 Å². The van der Waals surface area contributed by atoms with Crippen LogP contribution in [0.3, 0.4) is 0 Å². The molecule has 0 radical (unpaired) electrons. The van der Waals surface area contributed by atoms with Crippen molar-refractivity contribution in [1.29, 1.82) is 0 Å². The van der Waals surface area contributed by atoms with Gasteiger partial charge in [-0.2, -0.15) is 0 Å². The topological polar surface area (TPSA) is 92.8 Å². The molecule has 0 bridgehead atoms. The van der Waals surface area contributed by atoms with Gasteiger partial charge in [-0.05, 0) is 65.1 Å². The summed E-state index contributed by atoms with van der Waals surface area (Å²) < 4.78 is 5.99. The fraction of sp³-hybridized carbons (Fsp3) is 0.240. The first-order valence-corrected chi connectivity index (χ1v) is 9.81.